The summed E-state index contributed by atoms with van der Waals surface area (Å²) in [6.45, 7) is 1.80. The summed E-state index contributed by atoms with van der Waals surface area (Å²) in [6, 6.07) is 9.36. The molecule has 18 heavy (non-hydrogen) atoms. The number of nitrogens with one attached hydrogen (secondary N) is 1. The third-order valence-corrected chi connectivity index (χ3v) is 3.65. The Morgan fingerprint density at radius 2 is 2.00 bits per heavy atom. The zero-order valence-electron chi connectivity index (χ0n) is 9.66. The molecule has 6 heteroatoms. The summed E-state index contributed by atoms with van der Waals surface area (Å²) < 4.78 is 26.3. The number of aromatic nitrogens is 1. The smallest absolute Gasteiger partial charge is 0.263 e. The van der Waals surface area contributed by atoms with E-state index in [1.54, 1.807) is 25.1 Å². The van der Waals surface area contributed by atoms with Crippen LogP contribution in [0.5, 0.6) is 5.75 Å². The highest BCUT2D eigenvalue weighted by Gasteiger charge is 2.16. The van der Waals surface area contributed by atoms with Crippen LogP contribution in [0.15, 0.2) is 47.5 Å². The standard InChI is InChI=1S/C12H12N2O3S/c1-9-4-2-5-10(8-9)18(16,17)14-12-11(15)6-3-7-13-12/h2-8,15H,1H3,(H,13,14). The minimum atomic E-state index is -3.73. The first-order valence-corrected chi connectivity index (χ1v) is 6.71. The first-order chi connectivity index (χ1) is 8.49. The number of aromatic hydroxyl groups is 1. The monoisotopic (exact) mass is 264 g/mol. The zero-order valence-corrected chi connectivity index (χ0v) is 10.5. The SMILES string of the molecule is Cc1cccc(S(=O)(=O)Nc2ncccc2O)c1. The zero-order chi connectivity index (χ0) is 13.2. The van der Waals surface area contributed by atoms with Gasteiger partial charge in [-0.05, 0) is 36.8 Å². The van der Waals surface area contributed by atoms with Gasteiger partial charge in [0.15, 0.2) is 11.6 Å². The number of benzene rings is 1. The highest BCUT2D eigenvalue weighted by molar-refractivity contribution is 7.92. The first kappa shape index (κ1) is 12.4. The number of anilines is 1. The third-order valence-electron chi connectivity index (χ3n) is 2.32. The highest BCUT2D eigenvalue weighted by Crippen LogP contribution is 2.22. The third kappa shape index (κ3) is 2.60. The van der Waals surface area contributed by atoms with Gasteiger partial charge < -0.3 is 5.11 Å². The molecule has 0 atom stereocenters. The molecule has 0 saturated carbocycles. The molecule has 0 aliphatic carbocycles. The molecule has 0 radical (unpaired) electrons. The first-order valence-electron chi connectivity index (χ1n) is 5.22. The molecular formula is C12H12N2O3S. The minimum Gasteiger partial charge on any atom is -0.504 e. The van der Waals surface area contributed by atoms with Crippen LogP contribution in [0.2, 0.25) is 0 Å². The lowest BCUT2D eigenvalue weighted by Crippen LogP contribution is -2.14. The van der Waals surface area contributed by atoms with Crippen molar-refractivity contribution < 1.29 is 13.5 Å². The average Bonchev–Trinajstić information content (AvgIpc) is 2.32. The quantitative estimate of drug-likeness (QED) is 0.887. The van der Waals surface area contributed by atoms with Crippen molar-refractivity contribution in [3.8, 4) is 5.75 Å². The fourth-order valence-electron chi connectivity index (χ4n) is 1.44. The van der Waals surface area contributed by atoms with Crippen LogP contribution in [0.3, 0.4) is 0 Å². The van der Waals surface area contributed by atoms with E-state index in [1.165, 1.54) is 24.4 Å². The Labute approximate surface area is 105 Å². The van der Waals surface area contributed by atoms with Gasteiger partial charge in [-0.1, -0.05) is 12.1 Å². The Morgan fingerprint density at radius 3 is 2.67 bits per heavy atom. The molecule has 1 heterocycles. The Bertz CT molecular complexity index is 669. The van der Waals surface area contributed by atoms with Crippen molar-refractivity contribution in [2.45, 2.75) is 11.8 Å². The molecule has 0 unspecified atom stereocenters. The molecule has 0 saturated heterocycles. The van der Waals surface area contributed by atoms with Crippen LogP contribution in [-0.2, 0) is 10.0 Å². The van der Waals surface area contributed by atoms with Crippen LogP contribution in [0.25, 0.3) is 0 Å². The maximum atomic E-state index is 12.0. The molecule has 2 rings (SSSR count). The number of aryl methyl sites for hydroxylation is 1. The molecule has 0 bridgehead atoms. The molecule has 0 spiro atoms. The largest absolute Gasteiger partial charge is 0.504 e. The number of nitrogens with zero attached hydrogens (tertiary/aromatic N) is 1. The van der Waals surface area contributed by atoms with Gasteiger partial charge in [0.2, 0.25) is 0 Å². The Balaban J connectivity index is 2.37. The second-order valence-corrected chi connectivity index (χ2v) is 5.48. The molecule has 0 fully saturated rings. The number of rotatable bonds is 3. The van der Waals surface area contributed by atoms with Gasteiger partial charge >= 0.3 is 0 Å². The van der Waals surface area contributed by atoms with Gasteiger partial charge in [0.1, 0.15) is 0 Å². The van der Waals surface area contributed by atoms with E-state index < -0.39 is 10.0 Å². The summed E-state index contributed by atoms with van der Waals surface area (Å²) in [7, 11) is -3.73. The van der Waals surface area contributed by atoms with Gasteiger partial charge in [0.25, 0.3) is 10.0 Å². The molecule has 0 aliphatic rings. The molecule has 0 aliphatic heterocycles. The number of hydrogen-bond acceptors (Lipinski definition) is 4. The predicted octanol–water partition coefficient (Wildman–Crippen LogP) is 1.90. The van der Waals surface area contributed by atoms with E-state index in [4.69, 9.17) is 0 Å². The molecule has 1 aromatic carbocycles. The normalized spacial score (nSPS) is 11.2. The second kappa shape index (κ2) is 4.66. The van der Waals surface area contributed by atoms with Crippen molar-refractivity contribution in [1.82, 2.24) is 4.98 Å². The van der Waals surface area contributed by atoms with Crippen LogP contribution in [0.1, 0.15) is 5.56 Å². The van der Waals surface area contributed by atoms with Crippen LogP contribution in [0, 0.1) is 6.92 Å². The number of pyridine rings is 1. The molecular weight excluding hydrogens is 252 g/mol. The van der Waals surface area contributed by atoms with Crippen LogP contribution in [-0.4, -0.2) is 18.5 Å². The maximum Gasteiger partial charge on any atom is 0.263 e. The van der Waals surface area contributed by atoms with Crippen molar-refractivity contribution in [2.24, 2.45) is 0 Å². The molecule has 5 nitrogen and oxygen atoms in total. The van der Waals surface area contributed by atoms with Gasteiger partial charge in [-0.3, -0.25) is 4.72 Å². The molecule has 94 valence electrons. The molecule has 2 aromatic rings. The fourth-order valence-corrected chi connectivity index (χ4v) is 2.57. The van der Waals surface area contributed by atoms with Crippen LogP contribution in [0.4, 0.5) is 5.82 Å². The Kier molecular flexibility index (Phi) is 3.20. The summed E-state index contributed by atoms with van der Waals surface area (Å²) in [4.78, 5) is 3.90. The summed E-state index contributed by atoms with van der Waals surface area (Å²) in [5.74, 6) is -0.298. The average molecular weight is 264 g/mol. The predicted molar refractivity (Wildman–Crippen MR) is 67.9 cm³/mol. The lowest BCUT2D eigenvalue weighted by atomic mass is 10.2. The number of sulfonamides is 1. The van der Waals surface area contributed by atoms with Crippen LogP contribution < -0.4 is 4.72 Å². The van der Waals surface area contributed by atoms with E-state index in [9.17, 15) is 13.5 Å². The Hall–Kier alpha value is -2.08. The van der Waals surface area contributed by atoms with E-state index in [0.29, 0.717) is 0 Å². The fraction of sp³-hybridized carbons (Fsp3) is 0.0833. The highest BCUT2D eigenvalue weighted by atomic mass is 32.2. The van der Waals surface area contributed by atoms with Gasteiger partial charge in [-0.2, -0.15) is 0 Å². The maximum absolute atomic E-state index is 12.0. The summed E-state index contributed by atoms with van der Waals surface area (Å²) in [5, 5.41) is 9.49. The Morgan fingerprint density at radius 1 is 1.22 bits per heavy atom. The summed E-state index contributed by atoms with van der Waals surface area (Å²) in [6.07, 6.45) is 1.40. The molecule has 0 amide bonds. The van der Waals surface area contributed by atoms with Gasteiger partial charge in [0, 0.05) is 6.20 Å². The van der Waals surface area contributed by atoms with E-state index in [0.717, 1.165) is 5.56 Å². The lowest BCUT2D eigenvalue weighted by Gasteiger charge is -2.08. The van der Waals surface area contributed by atoms with Crippen LogP contribution >= 0.6 is 0 Å². The topological polar surface area (TPSA) is 79.3 Å². The summed E-state index contributed by atoms with van der Waals surface area (Å²) >= 11 is 0. The molecule has 1 aromatic heterocycles. The van der Waals surface area contributed by atoms with Gasteiger partial charge in [0.05, 0.1) is 4.90 Å². The van der Waals surface area contributed by atoms with E-state index in [2.05, 4.69) is 9.71 Å². The van der Waals surface area contributed by atoms with Gasteiger partial charge in [-0.15, -0.1) is 0 Å². The van der Waals surface area contributed by atoms with Gasteiger partial charge in [-0.25, -0.2) is 13.4 Å². The number of hydrogen-bond donors (Lipinski definition) is 2. The van der Waals surface area contributed by atoms with E-state index in [-0.39, 0.29) is 16.5 Å². The van der Waals surface area contributed by atoms with Crippen molar-refractivity contribution in [3.05, 3.63) is 48.2 Å². The summed E-state index contributed by atoms with van der Waals surface area (Å²) in [5.41, 5.74) is 0.836. The second-order valence-electron chi connectivity index (χ2n) is 3.79. The van der Waals surface area contributed by atoms with E-state index in [1.807, 2.05) is 0 Å². The van der Waals surface area contributed by atoms with Crippen molar-refractivity contribution in [1.29, 1.82) is 0 Å². The lowest BCUT2D eigenvalue weighted by molar-refractivity contribution is 0.475. The minimum absolute atomic E-state index is 0.0843. The van der Waals surface area contributed by atoms with Crippen molar-refractivity contribution in [2.75, 3.05) is 4.72 Å². The molecule has 2 N–H and O–H groups in total. The van der Waals surface area contributed by atoms with Crippen molar-refractivity contribution in [3.63, 3.8) is 0 Å². The van der Waals surface area contributed by atoms with Crippen molar-refractivity contribution >= 4 is 15.8 Å². The van der Waals surface area contributed by atoms with E-state index >= 15 is 0 Å².